The Labute approximate surface area is 107 Å². The highest BCUT2D eigenvalue weighted by Crippen LogP contribution is 2.09. The molecule has 2 aromatic rings. The van der Waals surface area contributed by atoms with Gasteiger partial charge in [-0.05, 0) is 42.0 Å². The van der Waals surface area contributed by atoms with Crippen LogP contribution in [0.15, 0.2) is 42.5 Å². The average Bonchev–Trinajstić information content (AvgIpc) is 2.40. The van der Waals surface area contributed by atoms with E-state index in [0.717, 1.165) is 12.1 Å². The number of rotatable bonds is 3. The first kappa shape index (κ1) is 13.1. The van der Waals surface area contributed by atoms with Crippen LogP contribution in [0.5, 0.6) is 0 Å². The lowest BCUT2D eigenvalue weighted by atomic mass is 10.2. The number of hydrogen-bond donors (Lipinski definition) is 1. The van der Waals surface area contributed by atoms with Gasteiger partial charge in [-0.3, -0.25) is 4.79 Å². The molecule has 0 saturated carbocycles. The summed E-state index contributed by atoms with van der Waals surface area (Å²) in [6.45, 7) is 0.0629. The van der Waals surface area contributed by atoms with Crippen molar-refractivity contribution in [3.8, 4) is 0 Å². The Morgan fingerprint density at radius 1 is 0.947 bits per heavy atom. The molecule has 0 aromatic heterocycles. The quantitative estimate of drug-likeness (QED) is 0.908. The second-order valence-corrected chi connectivity index (χ2v) is 3.94. The third-order valence-corrected chi connectivity index (χ3v) is 2.54. The number of hydrogen-bond acceptors (Lipinski definition) is 1. The van der Waals surface area contributed by atoms with Gasteiger partial charge in [0.25, 0.3) is 5.91 Å². The van der Waals surface area contributed by atoms with Gasteiger partial charge in [0.05, 0.1) is 0 Å². The van der Waals surface area contributed by atoms with E-state index in [1.807, 2.05) is 0 Å². The van der Waals surface area contributed by atoms with E-state index in [1.165, 1.54) is 30.3 Å². The Morgan fingerprint density at radius 2 is 1.63 bits per heavy atom. The molecule has 0 aliphatic heterocycles. The van der Waals surface area contributed by atoms with Crippen LogP contribution in [0.4, 0.5) is 13.2 Å². The van der Waals surface area contributed by atoms with Crippen molar-refractivity contribution >= 4 is 5.91 Å². The molecule has 1 N–H and O–H groups in total. The van der Waals surface area contributed by atoms with Crippen LogP contribution in [0.25, 0.3) is 0 Å². The van der Waals surface area contributed by atoms with Crippen LogP contribution in [0.1, 0.15) is 15.9 Å². The van der Waals surface area contributed by atoms with E-state index in [2.05, 4.69) is 5.32 Å². The van der Waals surface area contributed by atoms with Crippen LogP contribution in [0.3, 0.4) is 0 Å². The van der Waals surface area contributed by atoms with Gasteiger partial charge in [0.2, 0.25) is 0 Å². The molecule has 2 aromatic carbocycles. The third-order valence-electron chi connectivity index (χ3n) is 2.54. The molecule has 2 nitrogen and oxygen atoms in total. The number of benzene rings is 2. The molecule has 0 saturated heterocycles. The van der Waals surface area contributed by atoms with Crippen LogP contribution in [-0.4, -0.2) is 5.91 Å². The van der Waals surface area contributed by atoms with Crippen LogP contribution in [0.2, 0.25) is 0 Å². The van der Waals surface area contributed by atoms with E-state index < -0.39 is 23.4 Å². The van der Waals surface area contributed by atoms with Gasteiger partial charge in [-0.25, -0.2) is 13.2 Å². The van der Waals surface area contributed by atoms with Crippen LogP contribution >= 0.6 is 0 Å². The van der Waals surface area contributed by atoms with Gasteiger partial charge in [0.15, 0.2) is 11.6 Å². The summed E-state index contributed by atoms with van der Waals surface area (Å²) < 4.78 is 38.3. The summed E-state index contributed by atoms with van der Waals surface area (Å²) in [7, 11) is 0. The Hall–Kier alpha value is -2.30. The van der Waals surface area contributed by atoms with E-state index >= 15 is 0 Å². The molecule has 0 aliphatic rings. The van der Waals surface area contributed by atoms with Gasteiger partial charge in [-0.2, -0.15) is 0 Å². The van der Waals surface area contributed by atoms with Crippen molar-refractivity contribution in [1.82, 2.24) is 5.32 Å². The summed E-state index contributed by atoms with van der Waals surface area (Å²) in [4.78, 5) is 11.7. The van der Waals surface area contributed by atoms with Gasteiger partial charge >= 0.3 is 0 Å². The molecular formula is C14H10F3NO. The number of carbonyl (C=O) groups is 1. The molecule has 0 radical (unpaired) electrons. The first-order valence-electron chi connectivity index (χ1n) is 5.54. The number of nitrogens with one attached hydrogen (secondary N) is 1. The van der Waals surface area contributed by atoms with Crippen molar-refractivity contribution in [1.29, 1.82) is 0 Å². The second kappa shape index (κ2) is 5.56. The fourth-order valence-electron chi connectivity index (χ4n) is 1.54. The normalized spacial score (nSPS) is 10.3. The zero-order chi connectivity index (χ0) is 13.8. The standard InChI is InChI=1S/C14H10F3NO/c15-11-4-2-10(3-5-11)14(19)18-8-9-1-6-12(16)13(17)7-9/h1-7H,8H2,(H,18,19). The van der Waals surface area contributed by atoms with Crippen LogP contribution in [-0.2, 0) is 6.54 Å². The molecule has 0 unspecified atom stereocenters. The molecule has 98 valence electrons. The lowest BCUT2D eigenvalue weighted by Gasteiger charge is -2.06. The number of halogens is 3. The molecule has 2 rings (SSSR count). The maximum absolute atomic E-state index is 12.9. The zero-order valence-corrected chi connectivity index (χ0v) is 9.79. The minimum Gasteiger partial charge on any atom is -0.348 e. The highest BCUT2D eigenvalue weighted by atomic mass is 19.2. The van der Waals surface area contributed by atoms with Crippen molar-refractivity contribution < 1.29 is 18.0 Å². The van der Waals surface area contributed by atoms with E-state index in [9.17, 15) is 18.0 Å². The van der Waals surface area contributed by atoms with Gasteiger partial charge in [-0.1, -0.05) is 6.07 Å². The maximum Gasteiger partial charge on any atom is 0.251 e. The molecule has 0 spiro atoms. The maximum atomic E-state index is 12.9. The SMILES string of the molecule is O=C(NCc1ccc(F)c(F)c1)c1ccc(F)cc1. The molecule has 0 bridgehead atoms. The Kier molecular flexibility index (Phi) is 3.85. The predicted octanol–water partition coefficient (Wildman–Crippen LogP) is 3.03. The summed E-state index contributed by atoms with van der Waals surface area (Å²) in [5, 5.41) is 2.53. The fraction of sp³-hybridized carbons (Fsp3) is 0.0714. The zero-order valence-electron chi connectivity index (χ0n) is 9.79. The van der Waals surface area contributed by atoms with Gasteiger partial charge in [0.1, 0.15) is 5.82 Å². The summed E-state index contributed by atoms with van der Waals surface area (Å²) in [6, 6.07) is 8.42. The van der Waals surface area contributed by atoms with Crippen molar-refractivity contribution in [2.45, 2.75) is 6.54 Å². The molecule has 0 aliphatic carbocycles. The van der Waals surface area contributed by atoms with Crippen LogP contribution in [0, 0.1) is 17.5 Å². The number of carbonyl (C=O) groups excluding carboxylic acids is 1. The second-order valence-electron chi connectivity index (χ2n) is 3.94. The monoisotopic (exact) mass is 265 g/mol. The molecule has 1 amide bonds. The summed E-state index contributed by atoms with van der Waals surface area (Å²) in [5.74, 6) is -2.75. The molecule has 0 atom stereocenters. The summed E-state index contributed by atoms with van der Waals surface area (Å²) in [5.41, 5.74) is 0.735. The molecular weight excluding hydrogens is 255 g/mol. The summed E-state index contributed by atoms with van der Waals surface area (Å²) >= 11 is 0. The van der Waals surface area contributed by atoms with Gasteiger partial charge < -0.3 is 5.32 Å². The third kappa shape index (κ3) is 3.34. The predicted molar refractivity (Wildman–Crippen MR) is 63.9 cm³/mol. The molecule has 0 heterocycles. The van der Waals surface area contributed by atoms with Crippen molar-refractivity contribution in [2.24, 2.45) is 0 Å². The fourth-order valence-corrected chi connectivity index (χ4v) is 1.54. The number of amides is 1. The topological polar surface area (TPSA) is 29.1 Å². The van der Waals surface area contributed by atoms with Crippen molar-refractivity contribution in [3.05, 3.63) is 71.0 Å². The first-order chi connectivity index (χ1) is 9.06. The van der Waals surface area contributed by atoms with Crippen molar-refractivity contribution in [3.63, 3.8) is 0 Å². The lowest BCUT2D eigenvalue weighted by Crippen LogP contribution is -2.22. The lowest BCUT2D eigenvalue weighted by molar-refractivity contribution is 0.0951. The molecule has 5 heteroatoms. The molecule has 0 fully saturated rings. The highest BCUT2D eigenvalue weighted by Gasteiger charge is 2.07. The van der Waals surface area contributed by atoms with E-state index in [1.54, 1.807) is 0 Å². The Balaban J connectivity index is 2.00. The minimum atomic E-state index is -0.964. The van der Waals surface area contributed by atoms with E-state index in [-0.39, 0.29) is 6.54 Å². The van der Waals surface area contributed by atoms with E-state index in [4.69, 9.17) is 0 Å². The molecule has 19 heavy (non-hydrogen) atoms. The van der Waals surface area contributed by atoms with Gasteiger partial charge in [0, 0.05) is 12.1 Å². The first-order valence-corrected chi connectivity index (χ1v) is 5.54. The van der Waals surface area contributed by atoms with Crippen molar-refractivity contribution in [2.75, 3.05) is 0 Å². The largest absolute Gasteiger partial charge is 0.348 e. The van der Waals surface area contributed by atoms with E-state index in [0.29, 0.717) is 11.1 Å². The Bertz CT molecular complexity index is 596. The summed E-state index contributed by atoms with van der Waals surface area (Å²) in [6.07, 6.45) is 0. The van der Waals surface area contributed by atoms with Crippen LogP contribution < -0.4 is 5.32 Å². The van der Waals surface area contributed by atoms with Gasteiger partial charge in [-0.15, -0.1) is 0 Å². The average molecular weight is 265 g/mol. The Morgan fingerprint density at radius 3 is 2.26 bits per heavy atom. The highest BCUT2D eigenvalue weighted by molar-refractivity contribution is 5.94. The smallest absolute Gasteiger partial charge is 0.251 e. The minimum absolute atomic E-state index is 0.0629.